The van der Waals surface area contributed by atoms with Crippen molar-refractivity contribution >= 4 is 34.0 Å². The molecule has 2 heterocycles. The zero-order chi connectivity index (χ0) is 19.6. The van der Waals surface area contributed by atoms with Gasteiger partial charge in [0, 0.05) is 17.8 Å². The summed E-state index contributed by atoms with van der Waals surface area (Å²) in [5.74, 6) is -0.555. The lowest BCUT2D eigenvalue weighted by atomic mass is 10.0. The Morgan fingerprint density at radius 2 is 1.81 bits per heavy atom. The molecule has 0 aliphatic rings. The molecule has 27 heavy (non-hydrogen) atoms. The topological polar surface area (TPSA) is 98.3 Å². The van der Waals surface area contributed by atoms with E-state index in [9.17, 15) is 9.00 Å². The van der Waals surface area contributed by atoms with Crippen LogP contribution in [0.5, 0.6) is 0 Å². The number of hydrogen-bond donors (Lipinski definition) is 1. The van der Waals surface area contributed by atoms with E-state index in [0.29, 0.717) is 22.2 Å². The summed E-state index contributed by atoms with van der Waals surface area (Å²) in [6.45, 7) is 5.51. The van der Waals surface area contributed by atoms with Crippen LogP contribution in [0.15, 0.2) is 53.2 Å². The van der Waals surface area contributed by atoms with Crippen molar-refractivity contribution in [2.45, 2.75) is 25.5 Å². The SMILES string of the molecule is CC(C)(C)S(=O)/N=C/c1cc(C(N)=O)c2cc(-c3ccncc3)ccc2n1. The van der Waals surface area contributed by atoms with Crippen LogP contribution < -0.4 is 5.73 Å². The molecule has 3 aromatic rings. The van der Waals surface area contributed by atoms with Crippen molar-refractivity contribution in [3.63, 3.8) is 0 Å². The number of primary amides is 1. The fraction of sp³-hybridized carbons (Fsp3) is 0.200. The van der Waals surface area contributed by atoms with Gasteiger partial charge < -0.3 is 5.73 Å². The van der Waals surface area contributed by atoms with Crippen LogP contribution in [0.2, 0.25) is 0 Å². The molecule has 3 rings (SSSR count). The maximum atomic E-state index is 12.1. The van der Waals surface area contributed by atoms with Crippen molar-refractivity contribution in [2.75, 3.05) is 0 Å². The van der Waals surface area contributed by atoms with Crippen molar-refractivity contribution in [3.8, 4) is 11.1 Å². The van der Waals surface area contributed by atoms with Crippen LogP contribution in [0.4, 0.5) is 0 Å². The zero-order valence-electron chi connectivity index (χ0n) is 15.3. The molecule has 0 radical (unpaired) electrons. The molecule has 2 N–H and O–H groups in total. The van der Waals surface area contributed by atoms with Crippen LogP contribution in [-0.2, 0) is 11.0 Å². The lowest BCUT2D eigenvalue weighted by Crippen LogP contribution is -2.19. The van der Waals surface area contributed by atoms with Crippen molar-refractivity contribution in [1.29, 1.82) is 0 Å². The van der Waals surface area contributed by atoms with Gasteiger partial charge in [-0.2, -0.15) is 4.40 Å². The highest BCUT2D eigenvalue weighted by atomic mass is 32.2. The van der Waals surface area contributed by atoms with Gasteiger partial charge >= 0.3 is 0 Å². The van der Waals surface area contributed by atoms with Crippen molar-refractivity contribution < 1.29 is 9.00 Å². The highest BCUT2D eigenvalue weighted by molar-refractivity contribution is 7.85. The number of amides is 1. The van der Waals surface area contributed by atoms with Gasteiger partial charge in [-0.15, -0.1) is 0 Å². The van der Waals surface area contributed by atoms with Crippen molar-refractivity contribution in [3.05, 3.63) is 60.0 Å². The molecule has 0 saturated carbocycles. The number of nitrogens with two attached hydrogens (primary N) is 1. The van der Waals surface area contributed by atoms with E-state index in [1.165, 1.54) is 6.21 Å². The number of carbonyl (C=O) groups is 1. The molecule has 0 saturated heterocycles. The predicted octanol–water partition coefficient (Wildman–Crippen LogP) is 3.28. The average molecular weight is 380 g/mol. The number of nitrogens with zero attached hydrogens (tertiary/aromatic N) is 3. The molecule has 0 aliphatic heterocycles. The predicted molar refractivity (Wildman–Crippen MR) is 109 cm³/mol. The first-order valence-electron chi connectivity index (χ1n) is 8.37. The van der Waals surface area contributed by atoms with Gasteiger partial charge in [0.15, 0.2) is 0 Å². The summed E-state index contributed by atoms with van der Waals surface area (Å²) in [6, 6.07) is 11.0. The highest BCUT2D eigenvalue weighted by Crippen LogP contribution is 2.26. The van der Waals surface area contributed by atoms with Gasteiger partial charge in [0.05, 0.1) is 27.7 Å². The Bertz CT molecular complexity index is 1060. The van der Waals surface area contributed by atoms with E-state index in [1.54, 1.807) is 18.5 Å². The van der Waals surface area contributed by atoms with Crippen molar-refractivity contribution in [1.82, 2.24) is 9.97 Å². The molecule has 7 heteroatoms. The Hall–Kier alpha value is -2.93. The van der Waals surface area contributed by atoms with Gasteiger partial charge in [-0.1, -0.05) is 6.07 Å². The molecule has 6 nitrogen and oxygen atoms in total. The Balaban J connectivity index is 2.09. The lowest BCUT2D eigenvalue weighted by molar-refractivity contribution is 0.100. The summed E-state index contributed by atoms with van der Waals surface area (Å²) < 4.78 is 15.7. The van der Waals surface area contributed by atoms with Crippen LogP contribution >= 0.6 is 0 Å². The molecule has 0 fully saturated rings. The number of carbonyl (C=O) groups excluding carboxylic acids is 1. The Morgan fingerprint density at radius 3 is 2.44 bits per heavy atom. The maximum Gasteiger partial charge on any atom is 0.249 e. The second-order valence-electron chi connectivity index (χ2n) is 7.02. The molecule has 0 aliphatic carbocycles. The monoisotopic (exact) mass is 380 g/mol. The second-order valence-corrected chi connectivity index (χ2v) is 8.96. The van der Waals surface area contributed by atoms with Crippen LogP contribution in [0.25, 0.3) is 22.0 Å². The third-order valence-electron chi connectivity index (χ3n) is 3.91. The number of hydrogen-bond acceptors (Lipinski definition) is 4. The molecular weight excluding hydrogens is 360 g/mol. The van der Waals surface area contributed by atoms with E-state index < -0.39 is 21.6 Å². The van der Waals surface area contributed by atoms with E-state index >= 15 is 0 Å². The van der Waals surface area contributed by atoms with Gasteiger partial charge in [0.2, 0.25) is 5.91 Å². The van der Waals surface area contributed by atoms with Crippen molar-refractivity contribution in [2.24, 2.45) is 10.1 Å². The molecule has 1 unspecified atom stereocenters. The Kier molecular flexibility index (Phi) is 5.14. The Labute approximate surface area is 160 Å². The number of aromatic nitrogens is 2. The fourth-order valence-corrected chi connectivity index (χ4v) is 3.02. The van der Waals surface area contributed by atoms with E-state index in [0.717, 1.165) is 11.1 Å². The third-order valence-corrected chi connectivity index (χ3v) is 5.26. The first-order chi connectivity index (χ1) is 12.8. The van der Waals surface area contributed by atoms with E-state index in [-0.39, 0.29) is 0 Å². The minimum atomic E-state index is -1.41. The second kappa shape index (κ2) is 7.36. The molecule has 0 spiro atoms. The average Bonchev–Trinajstić information content (AvgIpc) is 2.64. The standard InChI is InChI=1S/C20H20N4O2S/c1-20(2,3)27(26)23-12-15-11-17(19(21)25)16-10-14(4-5-18(16)24-15)13-6-8-22-9-7-13/h4-12H,1-3H3,(H2,21,25)/b23-12+. The summed E-state index contributed by atoms with van der Waals surface area (Å²) in [4.78, 5) is 20.5. The van der Waals surface area contributed by atoms with Crippen LogP contribution in [0.1, 0.15) is 36.8 Å². The normalized spacial score (nSPS) is 13.1. The van der Waals surface area contributed by atoms with Crippen LogP contribution in [-0.4, -0.2) is 31.0 Å². The maximum absolute atomic E-state index is 12.1. The smallest absolute Gasteiger partial charge is 0.249 e. The van der Waals surface area contributed by atoms with Crippen LogP contribution in [0.3, 0.4) is 0 Å². The number of fused-ring (bicyclic) bond motifs is 1. The summed E-state index contributed by atoms with van der Waals surface area (Å²) in [7, 11) is -1.41. The third kappa shape index (κ3) is 4.25. The summed E-state index contributed by atoms with van der Waals surface area (Å²) in [5.41, 5.74) is 8.90. The van der Waals surface area contributed by atoms with Gasteiger partial charge in [-0.05, 0) is 62.2 Å². The van der Waals surface area contributed by atoms with Gasteiger partial charge in [-0.3, -0.25) is 9.78 Å². The molecule has 0 bridgehead atoms. The summed E-state index contributed by atoms with van der Waals surface area (Å²) in [6.07, 6.45) is 4.84. The fourth-order valence-electron chi connectivity index (χ4n) is 2.50. The summed E-state index contributed by atoms with van der Waals surface area (Å²) in [5, 5.41) is 0.658. The van der Waals surface area contributed by atoms with Gasteiger partial charge in [0.1, 0.15) is 11.0 Å². The molecule has 1 aromatic carbocycles. The van der Waals surface area contributed by atoms with Gasteiger partial charge in [-0.25, -0.2) is 9.19 Å². The molecule has 1 amide bonds. The number of rotatable bonds is 4. The quantitative estimate of drug-likeness (QED) is 0.702. The number of pyridine rings is 2. The molecule has 1 atom stereocenters. The molecule has 138 valence electrons. The first-order valence-corrected chi connectivity index (χ1v) is 9.47. The largest absolute Gasteiger partial charge is 0.366 e. The number of benzene rings is 1. The minimum absolute atomic E-state index is 0.346. The van der Waals surface area contributed by atoms with E-state index in [4.69, 9.17) is 5.73 Å². The van der Waals surface area contributed by atoms with Crippen LogP contribution in [0, 0.1) is 0 Å². The zero-order valence-corrected chi connectivity index (χ0v) is 16.2. The Morgan fingerprint density at radius 1 is 1.11 bits per heavy atom. The first kappa shape index (κ1) is 18.8. The highest BCUT2D eigenvalue weighted by Gasteiger charge is 2.18. The van der Waals surface area contributed by atoms with E-state index in [1.807, 2.05) is 51.1 Å². The summed E-state index contributed by atoms with van der Waals surface area (Å²) >= 11 is 0. The minimum Gasteiger partial charge on any atom is -0.366 e. The van der Waals surface area contributed by atoms with E-state index in [2.05, 4.69) is 14.4 Å². The molecule has 2 aromatic heterocycles. The molecular formula is C20H20N4O2S. The van der Waals surface area contributed by atoms with Gasteiger partial charge in [0.25, 0.3) is 0 Å². The lowest BCUT2D eigenvalue weighted by Gasteiger charge is -2.12.